The molecule has 0 saturated heterocycles. The van der Waals surface area contributed by atoms with Crippen LogP contribution in [-0.2, 0) is 0 Å². The van der Waals surface area contributed by atoms with Crippen LogP contribution >= 0.6 is 9.24 Å². The average molecular weight is 477 g/mol. The van der Waals surface area contributed by atoms with E-state index in [4.69, 9.17) is 0 Å². The quantitative estimate of drug-likeness (QED) is 0.364. The molecule has 0 radical (unpaired) electrons. The van der Waals surface area contributed by atoms with E-state index in [-0.39, 0.29) is 0 Å². The molecule has 34 heavy (non-hydrogen) atoms. The van der Waals surface area contributed by atoms with Crippen molar-refractivity contribution < 1.29 is 0 Å². The van der Waals surface area contributed by atoms with Gasteiger partial charge in [-0.1, -0.05) is 104 Å². The van der Waals surface area contributed by atoms with Gasteiger partial charge in [0, 0.05) is 0 Å². The lowest BCUT2D eigenvalue weighted by atomic mass is 9.70. The molecular formula is C33H49P. The van der Waals surface area contributed by atoms with Crippen molar-refractivity contribution in [1.82, 2.24) is 0 Å². The topological polar surface area (TPSA) is 0 Å². The van der Waals surface area contributed by atoms with E-state index in [1.807, 2.05) is 0 Å². The zero-order valence-corrected chi connectivity index (χ0v) is 24.0. The van der Waals surface area contributed by atoms with Crippen LogP contribution in [0, 0.1) is 0 Å². The molecule has 1 heteroatoms. The Kier molecular flexibility index (Phi) is 8.61. The molecule has 4 rings (SSSR count). The normalized spacial score (nSPS) is 18.4. The Morgan fingerprint density at radius 2 is 1.12 bits per heavy atom. The molecule has 0 spiro atoms. The molecule has 0 bridgehead atoms. The van der Waals surface area contributed by atoms with Gasteiger partial charge in [-0.25, -0.2) is 0 Å². The zero-order valence-electron chi connectivity index (χ0n) is 22.8. The summed E-state index contributed by atoms with van der Waals surface area (Å²) in [6.45, 7) is 14.6. The Labute approximate surface area is 212 Å². The predicted octanol–water partition coefficient (Wildman–Crippen LogP) is 10.3. The summed E-state index contributed by atoms with van der Waals surface area (Å²) in [5.41, 5.74) is 11.5. The van der Waals surface area contributed by atoms with E-state index >= 15 is 0 Å². The van der Waals surface area contributed by atoms with Crippen LogP contribution in [0.2, 0.25) is 0 Å². The van der Waals surface area contributed by atoms with Gasteiger partial charge in [-0.3, -0.25) is 0 Å². The number of benzene rings is 2. The summed E-state index contributed by atoms with van der Waals surface area (Å²) < 4.78 is 0. The van der Waals surface area contributed by atoms with Gasteiger partial charge in [0.25, 0.3) is 0 Å². The molecule has 0 aliphatic heterocycles. The van der Waals surface area contributed by atoms with Crippen LogP contribution in [0.5, 0.6) is 0 Å². The van der Waals surface area contributed by atoms with Crippen LogP contribution in [0.25, 0.3) is 11.1 Å². The van der Waals surface area contributed by atoms with Crippen LogP contribution in [0.1, 0.15) is 163 Å². The monoisotopic (exact) mass is 476 g/mol. The average Bonchev–Trinajstić information content (AvgIpc) is 2.83. The largest absolute Gasteiger partial charge is 0.105 e. The lowest BCUT2D eigenvalue weighted by molar-refractivity contribution is 0.442. The summed E-state index contributed by atoms with van der Waals surface area (Å²) in [5.74, 6) is 3.04. The highest BCUT2D eigenvalue weighted by molar-refractivity contribution is 7.27. The molecular weight excluding hydrogens is 427 g/mol. The second-order valence-electron chi connectivity index (χ2n) is 12.2. The maximum Gasteiger partial charge on any atom is -0.0102 e. The van der Waals surface area contributed by atoms with E-state index in [0.29, 0.717) is 23.7 Å². The molecule has 2 aliphatic rings. The Bertz CT molecular complexity index is 969. The van der Waals surface area contributed by atoms with E-state index in [2.05, 4.69) is 75.0 Å². The first kappa shape index (κ1) is 25.9. The first-order valence-electron chi connectivity index (χ1n) is 14.4. The maximum absolute atomic E-state index is 3.29. The minimum atomic E-state index is 0.525. The molecule has 1 unspecified atom stereocenters. The summed E-state index contributed by atoms with van der Waals surface area (Å²) in [6.07, 6.45) is 13.8. The standard InChI is InChI=1S/C33H49P/c1-21(2)28-29(22(3)4)32(27-20-14-13-19-26(27)24-15-9-7-10-16-24)31(25-17-11-8-12-18-25)33(34)30(28)23(5)6/h13-14,19-25H,7-12,15-18,34H2,1-6H3. The summed E-state index contributed by atoms with van der Waals surface area (Å²) in [6, 6.07) is 9.58. The van der Waals surface area contributed by atoms with E-state index in [0.717, 1.165) is 5.92 Å². The fraction of sp³-hybridized carbons (Fsp3) is 0.636. The fourth-order valence-electron chi connectivity index (χ4n) is 7.29. The van der Waals surface area contributed by atoms with Crippen LogP contribution in [-0.4, -0.2) is 0 Å². The summed E-state index contributed by atoms with van der Waals surface area (Å²) >= 11 is 0. The third-order valence-electron chi connectivity index (χ3n) is 8.72. The number of hydrogen-bond donors (Lipinski definition) is 0. The fourth-order valence-corrected chi connectivity index (χ4v) is 8.16. The summed E-state index contributed by atoms with van der Waals surface area (Å²) in [5, 5.41) is 1.54. The van der Waals surface area contributed by atoms with E-state index < -0.39 is 0 Å². The van der Waals surface area contributed by atoms with Gasteiger partial charge in [-0.05, 0) is 99.5 Å². The molecule has 1 atom stereocenters. The molecule has 0 amide bonds. The van der Waals surface area contributed by atoms with Gasteiger partial charge in [0.2, 0.25) is 0 Å². The van der Waals surface area contributed by atoms with Crippen molar-refractivity contribution in [1.29, 1.82) is 0 Å². The minimum Gasteiger partial charge on any atom is -0.105 e. The smallest absolute Gasteiger partial charge is 0.0102 e. The van der Waals surface area contributed by atoms with Gasteiger partial charge in [-0.15, -0.1) is 9.24 Å². The maximum atomic E-state index is 3.29. The number of rotatable bonds is 6. The molecule has 0 N–H and O–H groups in total. The van der Waals surface area contributed by atoms with Crippen molar-refractivity contribution in [3.8, 4) is 11.1 Å². The third kappa shape index (κ3) is 5.05. The third-order valence-corrected chi connectivity index (χ3v) is 9.34. The van der Waals surface area contributed by atoms with Gasteiger partial charge in [0.15, 0.2) is 0 Å². The van der Waals surface area contributed by atoms with Crippen LogP contribution in [0.15, 0.2) is 24.3 Å². The Hall–Kier alpha value is -1.13. The van der Waals surface area contributed by atoms with Crippen molar-refractivity contribution in [2.75, 3.05) is 0 Å². The Morgan fingerprint density at radius 3 is 1.65 bits per heavy atom. The van der Waals surface area contributed by atoms with Gasteiger partial charge in [0.1, 0.15) is 0 Å². The van der Waals surface area contributed by atoms with E-state index in [9.17, 15) is 0 Å². The highest BCUT2D eigenvalue weighted by Gasteiger charge is 2.32. The number of hydrogen-bond acceptors (Lipinski definition) is 0. The van der Waals surface area contributed by atoms with E-state index in [1.54, 1.807) is 44.2 Å². The summed E-state index contributed by atoms with van der Waals surface area (Å²) in [7, 11) is 3.29. The molecule has 0 nitrogen and oxygen atoms in total. The van der Waals surface area contributed by atoms with Gasteiger partial charge in [-0.2, -0.15) is 0 Å². The SMILES string of the molecule is CC(C)c1c(P)c(C2CCCCC2)c(-c2ccccc2C2CCCCC2)c(C(C)C)c1C(C)C. The molecule has 2 aromatic carbocycles. The van der Waals surface area contributed by atoms with Crippen molar-refractivity contribution in [2.45, 2.75) is 135 Å². The second kappa shape index (κ2) is 11.3. The van der Waals surface area contributed by atoms with Crippen LogP contribution in [0.3, 0.4) is 0 Å². The summed E-state index contributed by atoms with van der Waals surface area (Å²) in [4.78, 5) is 0. The first-order chi connectivity index (χ1) is 16.3. The van der Waals surface area contributed by atoms with Crippen LogP contribution in [0.4, 0.5) is 0 Å². The second-order valence-corrected chi connectivity index (χ2v) is 12.7. The van der Waals surface area contributed by atoms with Crippen molar-refractivity contribution in [2.24, 2.45) is 0 Å². The molecule has 0 aromatic heterocycles. The van der Waals surface area contributed by atoms with E-state index in [1.165, 1.54) is 64.2 Å². The van der Waals surface area contributed by atoms with Gasteiger partial charge in [0.05, 0.1) is 0 Å². The molecule has 2 fully saturated rings. The molecule has 2 saturated carbocycles. The highest BCUT2D eigenvalue weighted by atomic mass is 31.0. The van der Waals surface area contributed by atoms with Crippen LogP contribution < -0.4 is 5.30 Å². The highest BCUT2D eigenvalue weighted by Crippen LogP contribution is 2.49. The molecule has 186 valence electrons. The lowest BCUT2D eigenvalue weighted by Gasteiger charge is -2.36. The van der Waals surface area contributed by atoms with Crippen molar-refractivity contribution in [3.05, 3.63) is 52.1 Å². The molecule has 2 aromatic rings. The molecule has 0 heterocycles. The Balaban J connectivity index is 2.09. The van der Waals surface area contributed by atoms with Crippen molar-refractivity contribution >= 4 is 14.5 Å². The molecule has 2 aliphatic carbocycles. The minimum absolute atomic E-state index is 0.525. The zero-order chi connectivity index (χ0) is 24.4. The van der Waals surface area contributed by atoms with Gasteiger partial charge < -0.3 is 0 Å². The Morgan fingerprint density at radius 1 is 0.618 bits per heavy atom. The predicted molar refractivity (Wildman–Crippen MR) is 155 cm³/mol. The van der Waals surface area contributed by atoms with Crippen molar-refractivity contribution in [3.63, 3.8) is 0 Å². The first-order valence-corrected chi connectivity index (χ1v) is 15.0. The van der Waals surface area contributed by atoms with Gasteiger partial charge >= 0.3 is 0 Å². The lowest BCUT2D eigenvalue weighted by Crippen LogP contribution is -2.24.